The van der Waals surface area contributed by atoms with Crippen LogP contribution in [-0.2, 0) is 5.41 Å². The molecule has 0 fully saturated rings. The minimum atomic E-state index is -0.176. The van der Waals surface area contributed by atoms with E-state index in [1.165, 1.54) is 11.1 Å². The monoisotopic (exact) mass is 552 g/mol. The number of benzene rings is 2. The molecule has 0 saturated heterocycles. The second-order valence-electron chi connectivity index (χ2n) is 9.60. The van der Waals surface area contributed by atoms with E-state index in [2.05, 4.69) is 55.1 Å². The molecule has 0 saturated carbocycles. The molecule has 4 nitrogen and oxygen atoms in total. The molecule has 0 unspecified atom stereocenters. The van der Waals surface area contributed by atoms with Crippen LogP contribution in [0.4, 0.5) is 16.1 Å². The maximum absolute atomic E-state index is 13.2. The summed E-state index contributed by atoms with van der Waals surface area (Å²) in [6.45, 7) is 4.48. The molecule has 36 heavy (non-hydrogen) atoms. The minimum absolute atomic E-state index is 0.0912. The summed E-state index contributed by atoms with van der Waals surface area (Å²) in [5.74, 6) is 0.593. The number of hydrogen-bond acceptors (Lipinski definition) is 5. The number of nitrogens with zero attached hydrogens (tertiary/aromatic N) is 2. The van der Waals surface area contributed by atoms with Crippen LogP contribution in [0.3, 0.4) is 0 Å². The van der Waals surface area contributed by atoms with Crippen molar-refractivity contribution in [1.29, 1.82) is 0 Å². The molecule has 0 bridgehead atoms. The summed E-state index contributed by atoms with van der Waals surface area (Å²) in [5.41, 5.74) is 4.71. The second kappa shape index (κ2) is 7.71. The van der Waals surface area contributed by atoms with Crippen molar-refractivity contribution in [3.63, 3.8) is 0 Å². The third-order valence-electron chi connectivity index (χ3n) is 7.18. The number of rotatable bonds is 2. The van der Waals surface area contributed by atoms with Gasteiger partial charge in [-0.2, -0.15) is 0 Å². The first kappa shape index (κ1) is 21.7. The molecule has 0 radical (unpaired) electrons. The summed E-state index contributed by atoms with van der Waals surface area (Å²) in [4.78, 5) is 33.4. The molecule has 174 valence electrons. The molecular weight excluding hydrogens is 531 g/mol. The van der Waals surface area contributed by atoms with E-state index in [9.17, 15) is 9.59 Å². The third kappa shape index (κ3) is 3.02. The molecule has 0 amide bonds. The second-order valence-corrected chi connectivity index (χ2v) is 12.8. The molecule has 1 aliphatic heterocycles. The number of hydrogen-bond donors (Lipinski definition) is 0. The van der Waals surface area contributed by atoms with E-state index in [-0.39, 0.29) is 37.1 Å². The molecule has 2 aromatic carbocycles. The normalized spacial score (nSPS) is 16.9. The van der Waals surface area contributed by atoms with Gasteiger partial charge in [-0.15, -0.1) is 0 Å². The van der Waals surface area contributed by atoms with E-state index in [1.807, 2.05) is 41.9 Å². The quantitative estimate of drug-likeness (QED) is 0.136. The van der Waals surface area contributed by atoms with E-state index < -0.39 is 0 Å². The summed E-state index contributed by atoms with van der Waals surface area (Å²) in [5, 5.41) is 2.99. The summed E-state index contributed by atoms with van der Waals surface area (Å²) >= 11 is 1.49. The van der Waals surface area contributed by atoms with Gasteiger partial charge in [-0.25, -0.2) is 0 Å². The van der Waals surface area contributed by atoms with Crippen LogP contribution < -0.4 is 4.90 Å². The molecule has 0 atom stereocenters. The van der Waals surface area contributed by atoms with Gasteiger partial charge in [0.05, 0.1) is 0 Å². The van der Waals surface area contributed by atoms with Crippen molar-refractivity contribution in [1.82, 2.24) is 4.98 Å². The first-order chi connectivity index (χ1) is 17.4. The summed E-state index contributed by atoms with van der Waals surface area (Å²) in [6, 6.07) is 22.5. The standard InChI is InChI=1S/C30H20N2O2SSe/c1-30(2)22-6-3-4-8-24(22)32(29-23(30)7-5-12-31-29)26-10-9-18(36-26)15-21-27(33)19-14-17-11-13-35-25(17)16-20(19)28(21)34/h3-16H,1-2H3/b21-15-. The average Bonchev–Trinajstić information content (AvgIpc) is 3.59. The molecule has 0 N–H and O–H groups in total. The van der Waals surface area contributed by atoms with Crippen molar-refractivity contribution < 1.29 is 9.59 Å². The Labute approximate surface area is 218 Å². The zero-order valence-corrected chi connectivity index (χ0v) is 22.1. The molecule has 2 aliphatic rings. The summed E-state index contributed by atoms with van der Waals surface area (Å²) in [6.07, 6.45) is 3.65. The number of pyridine rings is 1. The Morgan fingerprint density at radius 1 is 0.917 bits per heavy atom. The Morgan fingerprint density at radius 2 is 1.69 bits per heavy atom. The predicted octanol–water partition coefficient (Wildman–Crippen LogP) is 6.93. The number of fused-ring (bicyclic) bond motifs is 4. The van der Waals surface area contributed by atoms with E-state index in [1.54, 1.807) is 17.4 Å². The number of ketones is 2. The fraction of sp³-hybridized carbons (Fsp3) is 0.100. The van der Waals surface area contributed by atoms with Crippen LogP contribution in [0.25, 0.3) is 16.2 Å². The zero-order chi connectivity index (χ0) is 24.6. The zero-order valence-electron chi connectivity index (χ0n) is 19.6. The van der Waals surface area contributed by atoms with Crippen molar-refractivity contribution in [2.24, 2.45) is 0 Å². The van der Waals surface area contributed by atoms with Crippen molar-refractivity contribution in [3.8, 4) is 0 Å². The Hall–Kier alpha value is -3.57. The van der Waals surface area contributed by atoms with Gasteiger partial charge in [0.25, 0.3) is 0 Å². The molecule has 7 rings (SSSR count). The number of anilines is 3. The van der Waals surface area contributed by atoms with Crippen LogP contribution in [0, 0.1) is 0 Å². The van der Waals surface area contributed by atoms with Crippen LogP contribution in [-0.4, -0.2) is 31.1 Å². The van der Waals surface area contributed by atoms with Gasteiger partial charge < -0.3 is 0 Å². The first-order valence-corrected chi connectivity index (χ1v) is 14.3. The third-order valence-corrected chi connectivity index (χ3v) is 10.2. The Kier molecular flexibility index (Phi) is 4.65. The van der Waals surface area contributed by atoms with Gasteiger partial charge in [-0.05, 0) is 0 Å². The molecule has 5 aromatic rings. The number of allylic oxidation sites excluding steroid dienone is 1. The summed E-state index contributed by atoms with van der Waals surface area (Å²) < 4.78 is 3.17. The van der Waals surface area contributed by atoms with Gasteiger partial charge in [-0.3, -0.25) is 0 Å². The van der Waals surface area contributed by atoms with Crippen LogP contribution in [0.5, 0.6) is 0 Å². The van der Waals surface area contributed by atoms with E-state index in [4.69, 9.17) is 4.98 Å². The van der Waals surface area contributed by atoms with Gasteiger partial charge in [0, 0.05) is 0 Å². The van der Waals surface area contributed by atoms with Crippen molar-refractivity contribution in [2.75, 3.05) is 4.90 Å². The molecule has 3 aromatic heterocycles. The van der Waals surface area contributed by atoms with Crippen LogP contribution in [0.15, 0.2) is 83.9 Å². The number of carbonyl (C=O) groups excluding carboxylic acids is 2. The molecule has 4 heterocycles. The number of carbonyl (C=O) groups is 2. The fourth-order valence-electron chi connectivity index (χ4n) is 5.33. The SMILES string of the molecule is CC1(C)c2ccccc2N(c2ccc(/C=C3/C(=O)c4cc5ccsc5cc4C3=O)[se]2)c2ncccc21. The van der Waals surface area contributed by atoms with Crippen LogP contribution in [0.2, 0.25) is 0 Å². The topological polar surface area (TPSA) is 50.3 Å². The van der Waals surface area contributed by atoms with Gasteiger partial charge in [0.15, 0.2) is 0 Å². The van der Waals surface area contributed by atoms with Gasteiger partial charge in [0.2, 0.25) is 0 Å². The Morgan fingerprint density at radius 3 is 2.56 bits per heavy atom. The van der Waals surface area contributed by atoms with Gasteiger partial charge >= 0.3 is 219 Å². The number of aromatic nitrogens is 1. The number of Topliss-reactive ketones (excluding diaryl/α,β-unsaturated/α-hetero) is 2. The molecular formula is C30H20N2O2SSe. The van der Waals surface area contributed by atoms with Gasteiger partial charge in [0.1, 0.15) is 0 Å². The van der Waals surface area contributed by atoms with Crippen molar-refractivity contribution in [2.45, 2.75) is 19.3 Å². The predicted molar refractivity (Wildman–Crippen MR) is 146 cm³/mol. The molecule has 1 aliphatic carbocycles. The van der Waals surface area contributed by atoms with E-state index >= 15 is 0 Å². The van der Waals surface area contributed by atoms with E-state index in [0.29, 0.717) is 11.1 Å². The number of thiophene rings is 1. The Balaban J connectivity index is 1.32. The number of para-hydroxylation sites is 1. The maximum atomic E-state index is 13.2. The van der Waals surface area contributed by atoms with E-state index in [0.717, 1.165) is 30.6 Å². The molecule has 0 spiro atoms. The Bertz CT molecular complexity index is 1670. The first-order valence-electron chi connectivity index (χ1n) is 11.7. The van der Waals surface area contributed by atoms with Crippen LogP contribution in [0.1, 0.15) is 50.1 Å². The molecule has 6 heteroatoms. The van der Waals surface area contributed by atoms with Crippen molar-refractivity contribution >= 4 is 69.6 Å². The van der Waals surface area contributed by atoms with Crippen molar-refractivity contribution in [3.05, 3.63) is 111 Å². The van der Waals surface area contributed by atoms with Gasteiger partial charge in [-0.1, -0.05) is 0 Å². The average molecular weight is 552 g/mol. The fourth-order valence-corrected chi connectivity index (χ4v) is 8.17. The van der Waals surface area contributed by atoms with Crippen LogP contribution >= 0.6 is 11.3 Å². The summed E-state index contributed by atoms with van der Waals surface area (Å²) in [7, 11) is 0.